The van der Waals surface area contributed by atoms with E-state index in [1.807, 2.05) is 0 Å². The lowest BCUT2D eigenvalue weighted by Crippen LogP contribution is -2.61. The van der Waals surface area contributed by atoms with Crippen LogP contribution < -0.4 is 10.1 Å². The number of alkyl halides is 3. The minimum Gasteiger partial charge on any atom is -0.481 e. The Morgan fingerprint density at radius 3 is 2.44 bits per heavy atom. The van der Waals surface area contributed by atoms with Crippen molar-refractivity contribution in [2.75, 3.05) is 25.0 Å². The number of anilines is 1. The zero-order chi connectivity index (χ0) is 26.8. The zero-order valence-electron chi connectivity index (χ0n) is 20.1. The smallest absolute Gasteiger partial charge is 0.481 e. The van der Waals surface area contributed by atoms with Crippen molar-refractivity contribution in [1.29, 1.82) is 0 Å². The number of hydrogen-bond donors (Lipinski definition) is 2. The second-order valence-electron chi connectivity index (χ2n) is 9.82. The molecule has 2 saturated heterocycles. The average Bonchev–Trinajstić information content (AvgIpc) is 2.72. The van der Waals surface area contributed by atoms with Crippen molar-refractivity contribution < 1.29 is 42.1 Å². The van der Waals surface area contributed by atoms with Crippen LogP contribution in [-0.4, -0.2) is 76.6 Å². The Hall–Kier alpha value is -2.89. The van der Waals surface area contributed by atoms with Crippen molar-refractivity contribution in [3.8, 4) is 5.75 Å². The van der Waals surface area contributed by atoms with Gasteiger partial charge in [0.05, 0.1) is 12.0 Å². The highest BCUT2D eigenvalue weighted by Crippen LogP contribution is 2.32. The lowest BCUT2D eigenvalue weighted by molar-refractivity contribution is -0.274. The van der Waals surface area contributed by atoms with E-state index in [4.69, 9.17) is 16.3 Å². The Morgan fingerprint density at radius 2 is 1.83 bits per heavy atom. The van der Waals surface area contributed by atoms with E-state index in [9.17, 15) is 32.7 Å². The third-order valence-electron chi connectivity index (χ3n) is 5.87. The maximum Gasteiger partial charge on any atom is 0.573 e. The fourth-order valence-corrected chi connectivity index (χ4v) is 4.66. The molecule has 3 atom stereocenters. The summed E-state index contributed by atoms with van der Waals surface area (Å²) in [6.45, 7) is 5.61. The maximum atomic E-state index is 13.4. The molecule has 0 spiro atoms. The van der Waals surface area contributed by atoms with Crippen LogP contribution in [0.25, 0.3) is 0 Å². The molecule has 2 aliphatic rings. The van der Waals surface area contributed by atoms with Gasteiger partial charge < -0.3 is 29.7 Å². The summed E-state index contributed by atoms with van der Waals surface area (Å²) in [7, 11) is 0. The number of ether oxygens (including phenoxy) is 2. The molecule has 13 heteroatoms. The highest BCUT2D eigenvalue weighted by molar-refractivity contribution is 6.31. The van der Waals surface area contributed by atoms with Crippen molar-refractivity contribution in [2.45, 2.75) is 64.1 Å². The molecule has 0 bridgehead atoms. The molecule has 0 aliphatic carbocycles. The number of carbonyl (C=O) groups is 3. The molecule has 2 N–H and O–H groups in total. The van der Waals surface area contributed by atoms with Gasteiger partial charge in [0, 0.05) is 36.4 Å². The van der Waals surface area contributed by atoms with E-state index >= 15 is 0 Å². The van der Waals surface area contributed by atoms with Gasteiger partial charge in [0.1, 0.15) is 17.4 Å². The van der Waals surface area contributed by atoms with Gasteiger partial charge in [-0.1, -0.05) is 11.6 Å². The molecule has 0 aromatic heterocycles. The predicted molar refractivity (Wildman–Crippen MR) is 124 cm³/mol. The number of piperidine rings is 2. The Balaban J connectivity index is 1.78. The standard InChI is InChI=1S/C23H29ClF3N3O6/c1-22(2,3)36-21(34)29-8-6-16(20(32)33)18(12-29)30-7-4-5-17(19(30)31)28-14-9-13(24)10-15(11-14)35-23(25,26)27/h9-11,16-18,28H,4-8,12H2,1-3H3,(H,32,33)/t16-,17?,18-/m0/s1. The average molecular weight is 536 g/mol. The Kier molecular flexibility index (Phi) is 8.17. The topological polar surface area (TPSA) is 108 Å². The monoisotopic (exact) mass is 535 g/mol. The Bertz CT molecular complexity index is 1000. The Labute approximate surface area is 211 Å². The molecule has 1 unspecified atom stereocenters. The van der Waals surface area contributed by atoms with Crippen LogP contribution >= 0.6 is 11.6 Å². The van der Waals surface area contributed by atoms with Crippen molar-refractivity contribution >= 4 is 35.3 Å². The molecule has 0 saturated carbocycles. The third kappa shape index (κ3) is 7.31. The van der Waals surface area contributed by atoms with Gasteiger partial charge in [0.15, 0.2) is 0 Å². The summed E-state index contributed by atoms with van der Waals surface area (Å²) < 4.78 is 47.2. The maximum absolute atomic E-state index is 13.4. The molecule has 0 radical (unpaired) electrons. The van der Waals surface area contributed by atoms with E-state index in [0.29, 0.717) is 12.8 Å². The number of likely N-dealkylation sites (tertiary alicyclic amines) is 2. The molecule has 2 fully saturated rings. The van der Waals surface area contributed by atoms with Crippen LogP contribution in [0.4, 0.5) is 23.7 Å². The lowest BCUT2D eigenvalue weighted by atomic mass is 9.88. The van der Waals surface area contributed by atoms with Crippen LogP contribution in [-0.2, 0) is 14.3 Å². The number of nitrogens with one attached hydrogen (secondary N) is 1. The minimum atomic E-state index is -4.91. The summed E-state index contributed by atoms with van der Waals surface area (Å²) in [4.78, 5) is 40.8. The van der Waals surface area contributed by atoms with Crippen molar-refractivity contribution in [3.05, 3.63) is 23.2 Å². The number of nitrogens with zero attached hydrogens (tertiary/aromatic N) is 2. The van der Waals surface area contributed by atoms with E-state index in [2.05, 4.69) is 10.1 Å². The van der Waals surface area contributed by atoms with Crippen molar-refractivity contribution in [2.24, 2.45) is 5.92 Å². The molecule has 2 amide bonds. The number of aliphatic carboxylic acids is 1. The second-order valence-corrected chi connectivity index (χ2v) is 10.3. The minimum absolute atomic E-state index is 0.00885. The van der Waals surface area contributed by atoms with Crippen LogP contribution in [0.15, 0.2) is 18.2 Å². The highest BCUT2D eigenvalue weighted by Gasteiger charge is 2.44. The first kappa shape index (κ1) is 27.7. The summed E-state index contributed by atoms with van der Waals surface area (Å²) in [6, 6.07) is 1.82. The van der Waals surface area contributed by atoms with Crippen LogP contribution in [0.2, 0.25) is 5.02 Å². The summed E-state index contributed by atoms with van der Waals surface area (Å²) in [5, 5.41) is 12.7. The number of carbonyl (C=O) groups excluding carboxylic acids is 2. The molecule has 2 aliphatic heterocycles. The van der Waals surface area contributed by atoms with E-state index in [1.54, 1.807) is 20.8 Å². The van der Waals surface area contributed by atoms with Crippen LogP contribution in [0.1, 0.15) is 40.0 Å². The van der Waals surface area contributed by atoms with E-state index in [1.165, 1.54) is 15.9 Å². The van der Waals surface area contributed by atoms with Gasteiger partial charge in [-0.05, 0) is 52.2 Å². The number of hydrogen-bond acceptors (Lipinski definition) is 6. The second kappa shape index (κ2) is 10.6. The number of carboxylic acid groups (broad SMARTS) is 1. The van der Waals surface area contributed by atoms with Gasteiger partial charge in [-0.25, -0.2) is 4.79 Å². The van der Waals surface area contributed by atoms with E-state index < -0.39 is 53.7 Å². The summed E-state index contributed by atoms with van der Waals surface area (Å²) in [6.07, 6.45) is -4.46. The van der Waals surface area contributed by atoms with Gasteiger partial charge in [0.2, 0.25) is 5.91 Å². The quantitative estimate of drug-likeness (QED) is 0.577. The molecule has 3 rings (SSSR count). The fourth-order valence-electron chi connectivity index (χ4n) is 4.43. The molecule has 1 aromatic rings. The first-order chi connectivity index (χ1) is 16.6. The van der Waals surface area contributed by atoms with Crippen LogP contribution in [0, 0.1) is 5.92 Å². The summed E-state index contributed by atoms with van der Waals surface area (Å²) in [5.41, 5.74) is -0.589. The largest absolute Gasteiger partial charge is 0.573 e. The molecular formula is C23H29ClF3N3O6. The number of rotatable bonds is 5. The molecule has 36 heavy (non-hydrogen) atoms. The molecule has 2 heterocycles. The molecule has 200 valence electrons. The van der Waals surface area contributed by atoms with Crippen molar-refractivity contribution in [3.63, 3.8) is 0 Å². The van der Waals surface area contributed by atoms with E-state index in [-0.39, 0.29) is 36.8 Å². The first-order valence-electron chi connectivity index (χ1n) is 11.5. The van der Waals surface area contributed by atoms with Crippen LogP contribution in [0.3, 0.4) is 0 Å². The number of carboxylic acids is 1. The normalized spacial score (nSPS) is 23.3. The first-order valence-corrected chi connectivity index (χ1v) is 11.8. The summed E-state index contributed by atoms with van der Waals surface area (Å²) >= 11 is 5.93. The summed E-state index contributed by atoms with van der Waals surface area (Å²) in [5.74, 6) is -2.91. The third-order valence-corrected chi connectivity index (χ3v) is 6.09. The van der Waals surface area contributed by atoms with Crippen LogP contribution in [0.5, 0.6) is 5.75 Å². The lowest BCUT2D eigenvalue weighted by Gasteiger charge is -2.45. The SMILES string of the molecule is CC(C)(C)OC(=O)N1CC[C@H](C(=O)O)[C@@H](N2CCCC(Nc3cc(Cl)cc(OC(F)(F)F)c3)C2=O)C1. The van der Waals surface area contributed by atoms with Gasteiger partial charge in [0.25, 0.3) is 0 Å². The zero-order valence-corrected chi connectivity index (χ0v) is 20.9. The molecule has 1 aromatic carbocycles. The fraction of sp³-hybridized carbons (Fsp3) is 0.609. The molecule has 9 nitrogen and oxygen atoms in total. The van der Waals surface area contributed by atoms with Gasteiger partial charge in [-0.2, -0.15) is 0 Å². The number of benzene rings is 1. The number of amides is 2. The predicted octanol–water partition coefficient (Wildman–Crippen LogP) is 4.35. The van der Waals surface area contributed by atoms with Gasteiger partial charge >= 0.3 is 18.4 Å². The highest BCUT2D eigenvalue weighted by atomic mass is 35.5. The van der Waals surface area contributed by atoms with Gasteiger partial charge in [-0.3, -0.25) is 9.59 Å². The van der Waals surface area contributed by atoms with Gasteiger partial charge in [-0.15, -0.1) is 13.2 Å². The Morgan fingerprint density at radius 1 is 1.14 bits per heavy atom. The van der Waals surface area contributed by atoms with Crippen molar-refractivity contribution in [1.82, 2.24) is 9.80 Å². The number of halogens is 4. The molecular weight excluding hydrogens is 507 g/mol. The van der Waals surface area contributed by atoms with E-state index in [0.717, 1.165) is 12.1 Å².